The van der Waals surface area contributed by atoms with Gasteiger partial charge < -0.3 is 10.4 Å². The molecule has 2 fully saturated rings. The molecule has 2 saturated heterocycles. The molecule has 3 aromatic rings. The summed E-state index contributed by atoms with van der Waals surface area (Å²) in [4.78, 5) is 9.37. The standard InChI is InChI=1S/C25H29ClN4O/c26-20-5-6-21-22(7-8-27-23(21)15-20)28-24-14-18(16-29-9-1-2-10-29)13-19(25(24)31)17-30-11-3-4-12-30/h5-8,13-15,31H,1-4,9-12,16-17H2,(H,27,28). The van der Waals surface area contributed by atoms with E-state index in [-0.39, 0.29) is 0 Å². The molecule has 0 aliphatic carbocycles. The molecule has 6 heteroatoms. The Labute approximate surface area is 188 Å². The molecule has 2 aliphatic rings. The van der Waals surface area contributed by atoms with Gasteiger partial charge in [-0.15, -0.1) is 0 Å². The Balaban J connectivity index is 1.50. The number of aromatic nitrogens is 1. The van der Waals surface area contributed by atoms with E-state index in [1.165, 1.54) is 31.2 Å². The number of phenolic OH excluding ortho intramolecular Hbond substituents is 1. The molecular formula is C25H29ClN4O. The van der Waals surface area contributed by atoms with Crippen LogP contribution in [0, 0.1) is 0 Å². The number of halogens is 1. The van der Waals surface area contributed by atoms with Gasteiger partial charge in [0.15, 0.2) is 0 Å². The largest absolute Gasteiger partial charge is 0.505 e. The minimum absolute atomic E-state index is 0.344. The van der Waals surface area contributed by atoms with E-state index in [2.05, 4.69) is 32.2 Å². The molecule has 0 saturated carbocycles. The van der Waals surface area contributed by atoms with E-state index >= 15 is 0 Å². The molecule has 0 unspecified atom stereocenters. The fraction of sp³-hybridized carbons (Fsp3) is 0.400. The summed E-state index contributed by atoms with van der Waals surface area (Å²) in [5.74, 6) is 0.344. The Bertz CT molecular complexity index is 1070. The minimum atomic E-state index is 0.344. The number of anilines is 2. The Morgan fingerprint density at radius 1 is 0.871 bits per heavy atom. The number of likely N-dealkylation sites (tertiary alicyclic amines) is 2. The van der Waals surface area contributed by atoms with Crippen molar-refractivity contribution in [2.45, 2.75) is 38.8 Å². The van der Waals surface area contributed by atoms with Crippen molar-refractivity contribution >= 4 is 33.9 Å². The van der Waals surface area contributed by atoms with Gasteiger partial charge in [-0.1, -0.05) is 11.6 Å². The van der Waals surface area contributed by atoms with Crippen LogP contribution in [-0.2, 0) is 13.1 Å². The number of rotatable bonds is 6. The molecule has 2 aromatic carbocycles. The maximum Gasteiger partial charge on any atom is 0.143 e. The van der Waals surface area contributed by atoms with Gasteiger partial charge in [0.1, 0.15) is 5.75 Å². The van der Waals surface area contributed by atoms with Crippen LogP contribution >= 0.6 is 11.6 Å². The molecule has 0 radical (unpaired) electrons. The van der Waals surface area contributed by atoms with Crippen molar-refractivity contribution < 1.29 is 5.11 Å². The van der Waals surface area contributed by atoms with E-state index < -0.39 is 0 Å². The number of hydrogen-bond acceptors (Lipinski definition) is 5. The van der Waals surface area contributed by atoms with Crippen molar-refractivity contribution in [3.8, 4) is 5.75 Å². The van der Waals surface area contributed by atoms with Crippen molar-refractivity contribution in [1.29, 1.82) is 0 Å². The summed E-state index contributed by atoms with van der Waals surface area (Å²) in [6.45, 7) is 6.24. The summed E-state index contributed by atoms with van der Waals surface area (Å²) < 4.78 is 0. The number of nitrogens with zero attached hydrogens (tertiary/aromatic N) is 3. The topological polar surface area (TPSA) is 51.6 Å². The molecule has 0 amide bonds. The first-order valence-corrected chi connectivity index (χ1v) is 11.6. The molecular weight excluding hydrogens is 408 g/mol. The number of benzene rings is 2. The highest BCUT2D eigenvalue weighted by Crippen LogP contribution is 2.36. The van der Waals surface area contributed by atoms with Gasteiger partial charge in [-0.2, -0.15) is 0 Å². The first-order chi connectivity index (χ1) is 15.2. The zero-order valence-electron chi connectivity index (χ0n) is 17.8. The van der Waals surface area contributed by atoms with Crippen LogP contribution in [0.15, 0.2) is 42.6 Å². The minimum Gasteiger partial charge on any atom is -0.505 e. The van der Waals surface area contributed by atoms with E-state index in [4.69, 9.17) is 11.6 Å². The summed E-state index contributed by atoms with van der Waals surface area (Å²) in [6.07, 6.45) is 6.80. The average Bonchev–Trinajstić information content (AvgIpc) is 3.45. The Morgan fingerprint density at radius 2 is 1.58 bits per heavy atom. The van der Waals surface area contributed by atoms with Crippen LogP contribution in [0.25, 0.3) is 10.9 Å². The van der Waals surface area contributed by atoms with Crippen LogP contribution in [0.5, 0.6) is 5.75 Å². The molecule has 31 heavy (non-hydrogen) atoms. The van der Waals surface area contributed by atoms with Crippen LogP contribution in [0.4, 0.5) is 11.4 Å². The summed E-state index contributed by atoms with van der Waals surface area (Å²) in [7, 11) is 0. The third kappa shape index (κ3) is 4.64. The summed E-state index contributed by atoms with van der Waals surface area (Å²) in [5, 5.41) is 16.3. The van der Waals surface area contributed by atoms with Gasteiger partial charge in [-0.05, 0) is 93.8 Å². The quantitative estimate of drug-likeness (QED) is 0.497. The van der Waals surface area contributed by atoms with E-state index in [0.29, 0.717) is 10.8 Å². The van der Waals surface area contributed by atoms with Crippen LogP contribution in [0.3, 0.4) is 0 Å². The van der Waals surface area contributed by atoms with Crippen LogP contribution in [0.2, 0.25) is 5.02 Å². The maximum atomic E-state index is 11.2. The van der Waals surface area contributed by atoms with Crippen LogP contribution in [0.1, 0.15) is 36.8 Å². The molecule has 5 nitrogen and oxygen atoms in total. The second-order valence-electron chi connectivity index (χ2n) is 8.76. The molecule has 1 aromatic heterocycles. The zero-order valence-corrected chi connectivity index (χ0v) is 18.5. The third-order valence-corrected chi connectivity index (χ3v) is 6.66. The molecule has 0 atom stereocenters. The number of fused-ring (bicyclic) bond motifs is 1. The van der Waals surface area contributed by atoms with E-state index in [9.17, 15) is 5.11 Å². The van der Waals surface area contributed by atoms with E-state index in [1.54, 1.807) is 6.20 Å². The fourth-order valence-corrected chi connectivity index (χ4v) is 4.99. The number of phenols is 1. The molecule has 2 N–H and O–H groups in total. The first-order valence-electron chi connectivity index (χ1n) is 11.3. The highest BCUT2D eigenvalue weighted by Gasteiger charge is 2.19. The lowest BCUT2D eigenvalue weighted by atomic mass is 10.1. The van der Waals surface area contributed by atoms with E-state index in [0.717, 1.165) is 67.1 Å². The SMILES string of the molecule is Oc1c(CN2CCCC2)cc(CN2CCCC2)cc1Nc1ccnc2cc(Cl)ccc12. The normalized spacial score (nSPS) is 17.6. The second-order valence-corrected chi connectivity index (χ2v) is 9.20. The van der Waals surface area contributed by atoms with Gasteiger partial charge in [0, 0.05) is 40.9 Å². The number of pyridine rings is 1. The smallest absolute Gasteiger partial charge is 0.143 e. The summed E-state index contributed by atoms with van der Waals surface area (Å²) in [6, 6.07) is 12.0. The molecule has 2 aliphatic heterocycles. The van der Waals surface area contributed by atoms with Crippen LogP contribution < -0.4 is 5.32 Å². The van der Waals surface area contributed by atoms with Gasteiger partial charge in [-0.3, -0.25) is 14.8 Å². The number of aromatic hydroxyl groups is 1. The third-order valence-electron chi connectivity index (χ3n) is 6.42. The monoisotopic (exact) mass is 436 g/mol. The summed E-state index contributed by atoms with van der Waals surface area (Å²) >= 11 is 6.15. The highest BCUT2D eigenvalue weighted by atomic mass is 35.5. The fourth-order valence-electron chi connectivity index (χ4n) is 4.82. The average molecular weight is 437 g/mol. The van der Waals surface area contributed by atoms with Gasteiger partial charge >= 0.3 is 0 Å². The number of nitrogens with one attached hydrogen (secondary N) is 1. The van der Waals surface area contributed by atoms with Crippen molar-refractivity contribution in [2.24, 2.45) is 0 Å². The Kier molecular flexibility index (Phi) is 5.99. The van der Waals surface area contributed by atoms with Gasteiger partial charge in [0.05, 0.1) is 11.2 Å². The second kappa shape index (κ2) is 9.03. The lowest BCUT2D eigenvalue weighted by Gasteiger charge is -2.21. The molecule has 162 valence electrons. The Morgan fingerprint density at radius 3 is 2.32 bits per heavy atom. The van der Waals surface area contributed by atoms with Crippen molar-refractivity contribution in [3.05, 3.63) is 58.7 Å². The molecule has 5 rings (SSSR count). The zero-order chi connectivity index (χ0) is 21.2. The predicted octanol–water partition coefficient (Wildman–Crippen LogP) is 5.53. The van der Waals surface area contributed by atoms with Crippen molar-refractivity contribution in [1.82, 2.24) is 14.8 Å². The molecule has 3 heterocycles. The lowest BCUT2D eigenvalue weighted by Crippen LogP contribution is -2.20. The highest BCUT2D eigenvalue weighted by molar-refractivity contribution is 6.31. The van der Waals surface area contributed by atoms with Gasteiger partial charge in [-0.25, -0.2) is 0 Å². The van der Waals surface area contributed by atoms with Gasteiger partial charge in [0.2, 0.25) is 0 Å². The van der Waals surface area contributed by atoms with Gasteiger partial charge in [0.25, 0.3) is 0 Å². The molecule has 0 spiro atoms. The van der Waals surface area contributed by atoms with Crippen molar-refractivity contribution in [2.75, 3.05) is 31.5 Å². The predicted molar refractivity (Wildman–Crippen MR) is 127 cm³/mol. The lowest BCUT2D eigenvalue weighted by molar-refractivity contribution is 0.320. The first kappa shape index (κ1) is 20.6. The van der Waals surface area contributed by atoms with E-state index in [1.807, 2.05) is 24.3 Å². The summed E-state index contributed by atoms with van der Waals surface area (Å²) in [5.41, 5.74) is 4.76. The van der Waals surface area contributed by atoms with Crippen LogP contribution in [-0.4, -0.2) is 46.1 Å². The van der Waals surface area contributed by atoms with Crippen molar-refractivity contribution in [3.63, 3.8) is 0 Å². The Hall–Kier alpha value is -2.34. The number of hydrogen-bond donors (Lipinski definition) is 2. The maximum absolute atomic E-state index is 11.2. The molecule has 0 bridgehead atoms.